The number of aliphatic hydroxyl groups is 1. The number of halogens is 1. The lowest BCUT2D eigenvalue weighted by Crippen LogP contribution is -2.32. The quantitative estimate of drug-likeness (QED) is 0.557. The van der Waals surface area contributed by atoms with Gasteiger partial charge in [0.25, 0.3) is 15.9 Å². The smallest absolute Gasteiger partial charge is 0.264 e. The Morgan fingerprint density at radius 2 is 1.65 bits per heavy atom. The monoisotopic (exact) mass is 458 g/mol. The standard InChI is InChI=1S/C23H23ClN2O4S/c1-25(14-15-27)23(28)19-10-7-11-20(16-19)31(29,30)26(17-18-8-3-2-4-9-18)22-13-6-5-12-21(22)24/h2-13,16,27H,14-15,17H2,1H3. The molecule has 0 saturated carbocycles. The van der Waals surface area contributed by atoms with Gasteiger partial charge in [0.2, 0.25) is 0 Å². The lowest BCUT2D eigenvalue weighted by Gasteiger charge is -2.26. The van der Waals surface area contributed by atoms with Crippen molar-refractivity contribution in [2.45, 2.75) is 11.4 Å². The number of anilines is 1. The number of benzene rings is 3. The Bertz CT molecular complexity index is 1150. The number of amides is 1. The lowest BCUT2D eigenvalue weighted by molar-refractivity contribution is 0.0766. The van der Waals surface area contributed by atoms with Crippen LogP contribution < -0.4 is 4.31 Å². The molecule has 1 amide bonds. The summed E-state index contributed by atoms with van der Waals surface area (Å²) < 4.78 is 28.6. The van der Waals surface area contributed by atoms with Gasteiger partial charge in [0.15, 0.2) is 0 Å². The Kier molecular flexibility index (Phi) is 7.33. The van der Waals surface area contributed by atoms with E-state index in [0.29, 0.717) is 10.7 Å². The molecule has 162 valence electrons. The molecule has 31 heavy (non-hydrogen) atoms. The van der Waals surface area contributed by atoms with Gasteiger partial charge in [-0.3, -0.25) is 9.10 Å². The maximum Gasteiger partial charge on any atom is 0.264 e. The first-order valence-corrected chi connectivity index (χ1v) is 11.4. The van der Waals surface area contributed by atoms with E-state index >= 15 is 0 Å². The van der Waals surface area contributed by atoms with Gasteiger partial charge in [0.05, 0.1) is 28.8 Å². The van der Waals surface area contributed by atoms with E-state index in [4.69, 9.17) is 16.7 Å². The van der Waals surface area contributed by atoms with E-state index in [-0.39, 0.29) is 36.1 Å². The summed E-state index contributed by atoms with van der Waals surface area (Å²) >= 11 is 6.35. The van der Waals surface area contributed by atoms with Crippen molar-refractivity contribution in [3.63, 3.8) is 0 Å². The van der Waals surface area contributed by atoms with Crippen molar-refractivity contribution in [3.8, 4) is 0 Å². The lowest BCUT2D eigenvalue weighted by atomic mass is 10.2. The summed E-state index contributed by atoms with van der Waals surface area (Å²) in [7, 11) is -2.49. The van der Waals surface area contributed by atoms with Crippen molar-refractivity contribution in [2.75, 3.05) is 24.5 Å². The van der Waals surface area contributed by atoms with Gasteiger partial charge in [-0.1, -0.05) is 60.1 Å². The van der Waals surface area contributed by atoms with Gasteiger partial charge in [0, 0.05) is 19.2 Å². The molecular formula is C23H23ClN2O4S. The summed E-state index contributed by atoms with van der Waals surface area (Å²) in [5, 5.41) is 9.38. The summed E-state index contributed by atoms with van der Waals surface area (Å²) in [5.41, 5.74) is 1.36. The number of rotatable bonds is 8. The van der Waals surface area contributed by atoms with Gasteiger partial charge in [-0.05, 0) is 35.9 Å². The van der Waals surface area contributed by atoms with Crippen LogP contribution in [0.5, 0.6) is 0 Å². The molecule has 0 saturated heterocycles. The Labute approximate surface area is 187 Å². The van der Waals surface area contributed by atoms with Crippen LogP contribution in [0.2, 0.25) is 5.02 Å². The van der Waals surface area contributed by atoms with Gasteiger partial charge < -0.3 is 10.0 Å². The van der Waals surface area contributed by atoms with E-state index in [0.717, 1.165) is 5.56 Å². The molecule has 0 radical (unpaired) electrons. The number of hydrogen-bond acceptors (Lipinski definition) is 4. The normalized spacial score (nSPS) is 11.2. The summed E-state index contributed by atoms with van der Waals surface area (Å²) in [6.45, 7) is 0.0443. The van der Waals surface area contributed by atoms with E-state index in [2.05, 4.69) is 0 Å². The van der Waals surface area contributed by atoms with Crippen LogP contribution in [0.1, 0.15) is 15.9 Å². The average molecular weight is 459 g/mol. The topological polar surface area (TPSA) is 77.9 Å². The van der Waals surface area contributed by atoms with E-state index < -0.39 is 10.0 Å². The first-order valence-electron chi connectivity index (χ1n) is 9.62. The molecule has 0 aliphatic carbocycles. The minimum absolute atomic E-state index is 0.0217. The van der Waals surface area contributed by atoms with Crippen LogP contribution in [0.15, 0.2) is 83.8 Å². The molecule has 0 fully saturated rings. The fraction of sp³-hybridized carbons (Fsp3) is 0.174. The molecule has 8 heteroatoms. The fourth-order valence-electron chi connectivity index (χ4n) is 3.09. The molecule has 0 aliphatic rings. The molecule has 0 aromatic heterocycles. The van der Waals surface area contributed by atoms with Gasteiger partial charge in [-0.2, -0.15) is 0 Å². The van der Waals surface area contributed by atoms with Gasteiger partial charge in [-0.15, -0.1) is 0 Å². The van der Waals surface area contributed by atoms with Crippen molar-refractivity contribution in [3.05, 3.63) is 95.0 Å². The fourth-order valence-corrected chi connectivity index (χ4v) is 4.90. The van der Waals surface area contributed by atoms with E-state index in [1.807, 2.05) is 30.3 Å². The zero-order valence-electron chi connectivity index (χ0n) is 17.0. The number of aliphatic hydroxyl groups excluding tert-OH is 1. The maximum absolute atomic E-state index is 13.7. The Morgan fingerprint density at radius 1 is 0.968 bits per heavy atom. The van der Waals surface area contributed by atoms with Crippen LogP contribution in [0.3, 0.4) is 0 Å². The van der Waals surface area contributed by atoms with Gasteiger partial charge in [-0.25, -0.2) is 8.42 Å². The highest BCUT2D eigenvalue weighted by atomic mass is 35.5. The maximum atomic E-state index is 13.7. The first-order chi connectivity index (χ1) is 14.8. The van der Waals surface area contributed by atoms with Crippen LogP contribution in [0.4, 0.5) is 5.69 Å². The highest BCUT2D eigenvalue weighted by molar-refractivity contribution is 7.92. The average Bonchev–Trinajstić information content (AvgIpc) is 2.78. The van der Waals surface area contributed by atoms with Crippen LogP contribution in [-0.2, 0) is 16.6 Å². The third-order valence-corrected chi connectivity index (χ3v) is 6.82. The van der Waals surface area contributed by atoms with Crippen LogP contribution in [0.25, 0.3) is 0 Å². The third-order valence-electron chi connectivity index (χ3n) is 4.74. The summed E-state index contributed by atoms with van der Waals surface area (Å²) in [4.78, 5) is 13.9. The zero-order valence-corrected chi connectivity index (χ0v) is 18.6. The number of nitrogens with zero attached hydrogens (tertiary/aromatic N) is 2. The second kappa shape index (κ2) is 9.96. The number of sulfonamides is 1. The zero-order chi connectivity index (χ0) is 22.4. The summed E-state index contributed by atoms with van der Waals surface area (Å²) in [6, 6.07) is 21.8. The molecule has 0 spiro atoms. The predicted molar refractivity (Wildman–Crippen MR) is 122 cm³/mol. The molecule has 0 bridgehead atoms. The number of likely N-dealkylation sites (N-methyl/N-ethyl adjacent to an activating group) is 1. The minimum Gasteiger partial charge on any atom is -0.395 e. The summed E-state index contributed by atoms with van der Waals surface area (Å²) in [6.07, 6.45) is 0. The number of carbonyl (C=O) groups is 1. The number of para-hydroxylation sites is 1. The van der Waals surface area contributed by atoms with Crippen molar-refractivity contribution >= 4 is 33.2 Å². The highest BCUT2D eigenvalue weighted by Crippen LogP contribution is 2.32. The van der Waals surface area contributed by atoms with Crippen molar-refractivity contribution in [2.24, 2.45) is 0 Å². The minimum atomic E-state index is -4.04. The molecule has 0 aliphatic heterocycles. The van der Waals surface area contributed by atoms with Crippen LogP contribution in [-0.4, -0.2) is 44.5 Å². The van der Waals surface area contributed by atoms with Crippen LogP contribution >= 0.6 is 11.6 Å². The van der Waals surface area contributed by atoms with Crippen molar-refractivity contribution in [1.29, 1.82) is 0 Å². The van der Waals surface area contributed by atoms with Crippen molar-refractivity contribution < 1.29 is 18.3 Å². The Balaban J connectivity index is 2.05. The SMILES string of the molecule is CN(CCO)C(=O)c1cccc(S(=O)(=O)N(Cc2ccccc2)c2ccccc2Cl)c1. The second-order valence-electron chi connectivity index (χ2n) is 6.93. The van der Waals surface area contributed by atoms with Gasteiger partial charge >= 0.3 is 0 Å². The predicted octanol–water partition coefficient (Wildman–Crippen LogP) is 3.80. The highest BCUT2D eigenvalue weighted by Gasteiger charge is 2.28. The van der Waals surface area contributed by atoms with Crippen LogP contribution in [0, 0.1) is 0 Å². The molecule has 3 rings (SSSR count). The molecule has 1 N–H and O–H groups in total. The van der Waals surface area contributed by atoms with E-state index in [1.165, 1.54) is 27.4 Å². The molecular weight excluding hydrogens is 436 g/mol. The number of hydrogen-bond donors (Lipinski definition) is 1. The van der Waals surface area contributed by atoms with Gasteiger partial charge in [0.1, 0.15) is 0 Å². The molecule has 0 atom stereocenters. The van der Waals surface area contributed by atoms with Crippen molar-refractivity contribution in [1.82, 2.24) is 4.90 Å². The molecule has 0 heterocycles. The summed E-state index contributed by atoms with van der Waals surface area (Å²) in [5.74, 6) is -0.376. The Morgan fingerprint density at radius 3 is 2.32 bits per heavy atom. The molecule has 6 nitrogen and oxygen atoms in total. The first kappa shape index (κ1) is 22.8. The molecule has 3 aromatic carbocycles. The van der Waals surface area contributed by atoms with E-state index in [1.54, 1.807) is 37.4 Å². The number of carbonyl (C=O) groups excluding carboxylic acids is 1. The van der Waals surface area contributed by atoms with E-state index in [9.17, 15) is 13.2 Å². The largest absolute Gasteiger partial charge is 0.395 e. The Hall–Kier alpha value is -2.87. The molecule has 3 aromatic rings. The second-order valence-corrected chi connectivity index (χ2v) is 9.20. The molecule has 0 unspecified atom stereocenters. The third kappa shape index (κ3) is 5.25.